The van der Waals surface area contributed by atoms with Gasteiger partial charge >= 0.3 is 0 Å². The molecule has 0 aliphatic heterocycles. The maximum absolute atomic E-state index is 4.43. The summed E-state index contributed by atoms with van der Waals surface area (Å²) in [5.74, 6) is 0.782. The zero-order valence-electron chi connectivity index (χ0n) is 9.63. The molecule has 0 saturated heterocycles. The van der Waals surface area contributed by atoms with Crippen molar-refractivity contribution in [2.45, 2.75) is 6.54 Å². The Kier molecular flexibility index (Phi) is 3.06. The fourth-order valence-corrected chi connectivity index (χ4v) is 2.49. The summed E-state index contributed by atoms with van der Waals surface area (Å²) < 4.78 is 0. The molecule has 0 bridgehead atoms. The molecule has 5 heteroatoms. The summed E-state index contributed by atoms with van der Waals surface area (Å²) in [6.45, 7) is 0.734. The Hall–Kier alpha value is -2.14. The molecule has 0 spiro atoms. The number of hydrogen-bond acceptors (Lipinski definition) is 4. The van der Waals surface area contributed by atoms with Gasteiger partial charge in [-0.15, -0.1) is 11.3 Å². The van der Waals surface area contributed by atoms with Crippen LogP contribution in [-0.4, -0.2) is 15.0 Å². The zero-order valence-corrected chi connectivity index (χ0v) is 10.4. The number of thiazole rings is 1. The summed E-state index contributed by atoms with van der Waals surface area (Å²) in [5, 5.41) is 4.26. The van der Waals surface area contributed by atoms with E-state index in [-0.39, 0.29) is 0 Å². The molecule has 0 unspecified atom stereocenters. The summed E-state index contributed by atoms with van der Waals surface area (Å²) in [7, 11) is 0. The van der Waals surface area contributed by atoms with Crippen LogP contribution < -0.4 is 5.32 Å². The Balaban J connectivity index is 1.70. The predicted octanol–water partition coefficient (Wildman–Crippen LogP) is 3.15. The number of benzene rings is 1. The molecule has 2 aromatic heterocycles. The second-order valence-corrected chi connectivity index (χ2v) is 4.90. The zero-order chi connectivity index (χ0) is 12.2. The molecule has 0 aliphatic rings. The van der Waals surface area contributed by atoms with E-state index in [0.717, 1.165) is 23.1 Å². The minimum Gasteiger partial charge on any atom is -0.351 e. The second kappa shape index (κ2) is 5.01. The highest BCUT2D eigenvalue weighted by molar-refractivity contribution is 7.15. The maximum Gasteiger partial charge on any atom is 0.200 e. The van der Waals surface area contributed by atoms with Gasteiger partial charge in [0.25, 0.3) is 0 Å². The number of aromatic nitrogens is 3. The van der Waals surface area contributed by atoms with Crippen molar-refractivity contribution in [3.05, 3.63) is 53.8 Å². The molecule has 3 rings (SSSR count). The van der Waals surface area contributed by atoms with Gasteiger partial charge in [0, 0.05) is 29.0 Å². The second-order valence-electron chi connectivity index (χ2n) is 3.79. The van der Waals surface area contributed by atoms with E-state index in [4.69, 9.17) is 0 Å². The topological polar surface area (TPSA) is 53.6 Å². The fraction of sp³-hybridized carbons (Fsp3) is 0.0769. The standard InChI is InChI=1S/C13H12N4S/c1-2-4-10(5-3-1)12-16-8-11(18-12)9-17-13-14-6-7-15-13/h1-8H,9H2,(H2,14,15,17). The van der Waals surface area contributed by atoms with Crippen molar-refractivity contribution in [3.63, 3.8) is 0 Å². The quantitative estimate of drug-likeness (QED) is 0.754. The van der Waals surface area contributed by atoms with Gasteiger partial charge in [0.1, 0.15) is 5.01 Å². The number of anilines is 1. The third kappa shape index (κ3) is 2.41. The molecule has 0 amide bonds. The minimum atomic E-state index is 0.734. The monoisotopic (exact) mass is 256 g/mol. The highest BCUT2D eigenvalue weighted by atomic mass is 32.1. The van der Waals surface area contributed by atoms with Crippen LogP contribution >= 0.6 is 11.3 Å². The lowest BCUT2D eigenvalue weighted by molar-refractivity contribution is 1.11. The SMILES string of the molecule is c1ccc(-c2ncc(CNc3ncc[nH]3)s2)cc1. The van der Waals surface area contributed by atoms with Gasteiger partial charge in [-0.1, -0.05) is 30.3 Å². The molecule has 0 aliphatic carbocycles. The molecule has 2 heterocycles. The number of H-pyrrole nitrogens is 1. The first kappa shape index (κ1) is 11.0. The molecule has 18 heavy (non-hydrogen) atoms. The Morgan fingerprint density at radius 1 is 1.17 bits per heavy atom. The Bertz CT molecular complexity index is 601. The first-order chi connectivity index (χ1) is 8.92. The lowest BCUT2D eigenvalue weighted by Crippen LogP contribution is -1.98. The maximum atomic E-state index is 4.43. The van der Waals surface area contributed by atoms with Gasteiger partial charge < -0.3 is 10.3 Å². The lowest BCUT2D eigenvalue weighted by atomic mass is 10.2. The van der Waals surface area contributed by atoms with Crippen molar-refractivity contribution in [2.24, 2.45) is 0 Å². The fourth-order valence-electron chi connectivity index (χ4n) is 1.64. The highest BCUT2D eigenvalue weighted by Crippen LogP contribution is 2.24. The van der Waals surface area contributed by atoms with E-state index >= 15 is 0 Å². The van der Waals surface area contributed by atoms with Crippen LogP contribution in [0.2, 0.25) is 0 Å². The van der Waals surface area contributed by atoms with Crippen LogP contribution in [0.3, 0.4) is 0 Å². The number of nitrogens with zero attached hydrogens (tertiary/aromatic N) is 2. The number of nitrogens with one attached hydrogen (secondary N) is 2. The minimum absolute atomic E-state index is 0.734. The number of imidazole rings is 1. The summed E-state index contributed by atoms with van der Waals surface area (Å²) in [6, 6.07) is 10.2. The Morgan fingerprint density at radius 3 is 2.83 bits per heavy atom. The van der Waals surface area contributed by atoms with Gasteiger partial charge in [0.2, 0.25) is 0 Å². The molecule has 90 valence electrons. The van der Waals surface area contributed by atoms with E-state index in [1.165, 1.54) is 4.88 Å². The third-order valence-corrected chi connectivity index (χ3v) is 3.55. The van der Waals surface area contributed by atoms with Crippen molar-refractivity contribution in [2.75, 3.05) is 5.32 Å². The van der Waals surface area contributed by atoms with Gasteiger partial charge in [0.05, 0.1) is 6.54 Å². The molecule has 4 nitrogen and oxygen atoms in total. The van der Waals surface area contributed by atoms with Gasteiger partial charge in [-0.2, -0.15) is 0 Å². The summed E-state index contributed by atoms with van der Waals surface area (Å²) in [6.07, 6.45) is 5.43. The van der Waals surface area contributed by atoms with Gasteiger partial charge in [-0.05, 0) is 0 Å². The van der Waals surface area contributed by atoms with Crippen molar-refractivity contribution >= 4 is 17.3 Å². The van der Waals surface area contributed by atoms with Gasteiger partial charge in [-0.25, -0.2) is 9.97 Å². The van der Waals surface area contributed by atoms with Crippen molar-refractivity contribution in [1.29, 1.82) is 0 Å². The van der Waals surface area contributed by atoms with Crippen LogP contribution in [0.1, 0.15) is 4.88 Å². The third-order valence-electron chi connectivity index (χ3n) is 2.50. The van der Waals surface area contributed by atoms with E-state index in [0.29, 0.717) is 0 Å². The first-order valence-electron chi connectivity index (χ1n) is 5.65. The summed E-state index contributed by atoms with van der Waals surface area (Å²) in [4.78, 5) is 12.7. The average molecular weight is 256 g/mol. The van der Waals surface area contributed by atoms with Crippen LogP contribution in [0.15, 0.2) is 48.9 Å². The molecule has 0 fully saturated rings. The number of aromatic amines is 1. The van der Waals surface area contributed by atoms with Crippen LogP contribution in [-0.2, 0) is 6.54 Å². The van der Waals surface area contributed by atoms with E-state index in [2.05, 4.69) is 32.4 Å². The lowest BCUT2D eigenvalue weighted by Gasteiger charge is -1.98. The molecular formula is C13H12N4S. The predicted molar refractivity (Wildman–Crippen MR) is 73.5 cm³/mol. The molecule has 2 N–H and O–H groups in total. The van der Waals surface area contributed by atoms with Crippen molar-refractivity contribution in [3.8, 4) is 10.6 Å². The Labute approximate surface area is 109 Å². The van der Waals surface area contributed by atoms with Crippen LogP contribution in [0.5, 0.6) is 0 Å². The number of hydrogen-bond donors (Lipinski definition) is 2. The van der Waals surface area contributed by atoms with Crippen molar-refractivity contribution in [1.82, 2.24) is 15.0 Å². The smallest absolute Gasteiger partial charge is 0.200 e. The van der Waals surface area contributed by atoms with E-state index in [1.807, 2.05) is 24.4 Å². The van der Waals surface area contributed by atoms with Crippen LogP contribution in [0.25, 0.3) is 10.6 Å². The molecule has 0 saturated carbocycles. The largest absolute Gasteiger partial charge is 0.351 e. The van der Waals surface area contributed by atoms with Crippen LogP contribution in [0, 0.1) is 0 Å². The first-order valence-corrected chi connectivity index (χ1v) is 6.47. The van der Waals surface area contributed by atoms with Crippen molar-refractivity contribution < 1.29 is 0 Å². The normalized spacial score (nSPS) is 10.4. The van der Waals surface area contributed by atoms with E-state index in [1.54, 1.807) is 23.7 Å². The highest BCUT2D eigenvalue weighted by Gasteiger charge is 2.04. The Morgan fingerprint density at radius 2 is 2.06 bits per heavy atom. The average Bonchev–Trinajstić information content (AvgIpc) is 3.09. The van der Waals surface area contributed by atoms with E-state index < -0.39 is 0 Å². The summed E-state index contributed by atoms with van der Waals surface area (Å²) in [5.41, 5.74) is 1.16. The molecular weight excluding hydrogens is 244 g/mol. The molecule has 0 atom stereocenters. The molecule has 0 radical (unpaired) electrons. The van der Waals surface area contributed by atoms with Gasteiger partial charge in [-0.3, -0.25) is 0 Å². The van der Waals surface area contributed by atoms with Gasteiger partial charge in [0.15, 0.2) is 5.95 Å². The number of rotatable bonds is 4. The molecule has 1 aromatic carbocycles. The van der Waals surface area contributed by atoms with Crippen LogP contribution in [0.4, 0.5) is 5.95 Å². The molecule has 3 aromatic rings. The summed E-state index contributed by atoms with van der Waals surface area (Å²) >= 11 is 1.69. The van der Waals surface area contributed by atoms with E-state index in [9.17, 15) is 0 Å².